The summed E-state index contributed by atoms with van der Waals surface area (Å²) in [7, 11) is 3.89. The van der Waals surface area contributed by atoms with Gasteiger partial charge in [0.2, 0.25) is 6.79 Å². The van der Waals surface area contributed by atoms with Crippen LogP contribution in [-0.4, -0.2) is 38.2 Å². The third-order valence-corrected chi connectivity index (χ3v) is 3.97. The largest absolute Gasteiger partial charge is 0.454 e. The first-order chi connectivity index (χ1) is 11.5. The number of nitrogens with one attached hydrogen (secondary N) is 1. The fourth-order valence-corrected chi connectivity index (χ4v) is 2.61. The van der Waals surface area contributed by atoms with E-state index in [1.807, 2.05) is 37.2 Å². The van der Waals surface area contributed by atoms with Crippen LogP contribution >= 0.6 is 0 Å². The van der Waals surface area contributed by atoms with E-state index in [4.69, 9.17) is 9.47 Å². The Balaban J connectivity index is 1.70. The first kappa shape index (κ1) is 16.3. The van der Waals surface area contributed by atoms with Crippen LogP contribution in [-0.2, 0) is 0 Å². The molecule has 1 aliphatic rings. The van der Waals surface area contributed by atoms with E-state index in [9.17, 15) is 9.18 Å². The lowest BCUT2D eigenvalue weighted by atomic mass is 10.0. The van der Waals surface area contributed by atoms with Gasteiger partial charge in [-0.2, -0.15) is 0 Å². The average molecular weight is 330 g/mol. The molecule has 2 aromatic rings. The maximum Gasteiger partial charge on any atom is 0.251 e. The van der Waals surface area contributed by atoms with Crippen molar-refractivity contribution in [1.29, 1.82) is 0 Å². The number of rotatable bonds is 5. The molecule has 0 saturated carbocycles. The van der Waals surface area contributed by atoms with Crippen LogP contribution in [0.1, 0.15) is 22.0 Å². The Morgan fingerprint density at radius 3 is 2.58 bits per heavy atom. The second kappa shape index (κ2) is 6.88. The highest BCUT2D eigenvalue weighted by molar-refractivity contribution is 5.94. The topological polar surface area (TPSA) is 50.8 Å². The molecule has 0 bridgehead atoms. The number of halogens is 1. The van der Waals surface area contributed by atoms with Crippen LogP contribution < -0.4 is 14.8 Å². The standard InChI is InChI=1S/C18H19FN2O3/c1-21(2)15(13-5-8-16-17(9-13)24-11-23-16)10-20-18(22)12-3-6-14(19)7-4-12/h3-9,15H,10-11H2,1-2H3,(H,20,22)/t15-/m0/s1. The van der Waals surface area contributed by atoms with E-state index >= 15 is 0 Å². The number of carbonyl (C=O) groups is 1. The van der Waals surface area contributed by atoms with Crippen LogP contribution in [0.2, 0.25) is 0 Å². The number of likely N-dealkylation sites (N-methyl/N-ethyl adjacent to an activating group) is 1. The number of ether oxygens (including phenoxy) is 2. The lowest BCUT2D eigenvalue weighted by molar-refractivity contribution is 0.0942. The Labute approximate surface area is 140 Å². The summed E-state index contributed by atoms with van der Waals surface area (Å²) in [5.74, 6) is 0.844. The zero-order valence-corrected chi connectivity index (χ0v) is 13.6. The number of nitrogens with zero attached hydrogens (tertiary/aromatic N) is 1. The van der Waals surface area contributed by atoms with Gasteiger partial charge in [0.25, 0.3) is 5.91 Å². The fraction of sp³-hybridized carbons (Fsp3) is 0.278. The molecule has 2 aromatic carbocycles. The monoisotopic (exact) mass is 330 g/mol. The maximum atomic E-state index is 12.9. The van der Waals surface area contributed by atoms with Crippen molar-refractivity contribution in [3.05, 3.63) is 59.4 Å². The van der Waals surface area contributed by atoms with Crippen LogP contribution in [0.5, 0.6) is 11.5 Å². The summed E-state index contributed by atoms with van der Waals surface area (Å²) in [6.45, 7) is 0.648. The van der Waals surface area contributed by atoms with Crippen molar-refractivity contribution in [3.8, 4) is 11.5 Å². The summed E-state index contributed by atoms with van der Waals surface area (Å²) in [6.07, 6.45) is 0. The fourth-order valence-electron chi connectivity index (χ4n) is 2.61. The summed E-state index contributed by atoms with van der Waals surface area (Å²) in [4.78, 5) is 14.2. The van der Waals surface area contributed by atoms with Gasteiger partial charge in [0.05, 0.1) is 6.04 Å². The number of fused-ring (bicyclic) bond motifs is 1. The van der Waals surface area contributed by atoms with E-state index in [1.54, 1.807) is 0 Å². The molecule has 6 heteroatoms. The third-order valence-electron chi connectivity index (χ3n) is 3.97. The van der Waals surface area contributed by atoms with Crippen molar-refractivity contribution in [2.45, 2.75) is 6.04 Å². The van der Waals surface area contributed by atoms with Crippen LogP contribution in [0, 0.1) is 5.82 Å². The minimum Gasteiger partial charge on any atom is -0.454 e. The van der Waals surface area contributed by atoms with E-state index in [-0.39, 0.29) is 24.6 Å². The minimum absolute atomic E-state index is 0.0242. The summed E-state index contributed by atoms with van der Waals surface area (Å²) in [5.41, 5.74) is 1.45. The van der Waals surface area contributed by atoms with E-state index in [2.05, 4.69) is 5.32 Å². The smallest absolute Gasteiger partial charge is 0.251 e. The Kier molecular flexibility index (Phi) is 4.66. The summed E-state index contributed by atoms with van der Waals surface area (Å²) in [6, 6.07) is 11.2. The second-order valence-corrected chi connectivity index (χ2v) is 5.81. The Morgan fingerprint density at radius 2 is 1.88 bits per heavy atom. The van der Waals surface area contributed by atoms with E-state index < -0.39 is 0 Å². The minimum atomic E-state index is -0.363. The highest BCUT2D eigenvalue weighted by Gasteiger charge is 2.20. The molecule has 0 aliphatic carbocycles. The van der Waals surface area contributed by atoms with Gasteiger partial charge in [-0.15, -0.1) is 0 Å². The van der Waals surface area contributed by atoms with Crippen molar-refractivity contribution in [3.63, 3.8) is 0 Å². The normalized spacial score (nSPS) is 13.8. The molecular weight excluding hydrogens is 311 g/mol. The zero-order chi connectivity index (χ0) is 17.1. The Morgan fingerprint density at radius 1 is 1.17 bits per heavy atom. The number of benzene rings is 2. The lowest BCUT2D eigenvalue weighted by Crippen LogP contribution is -2.34. The molecule has 1 atom stereocenters. The number of hydrogen-bond donors (Lipinski definition) is 1. The molecule has 126 valence electrons. The van der Waals surface area contributed by atoms with Gasteiger partial charge in [-0.25, -0.2) is 4.39 Å². The maximum absolute atomic E-state index is 12.9. The first-order valence-corrected chi connectivity index (χ1v) is 7.64. The van der Waals surface area contributed by atoms with Gasteiger partial charge in [0.15, 0.2) is 11.5 Å². The van der Waals surface area contributed by atoms with Gasteiger partial charge in [0, 0.05) is 12.1 Å². The van der Waals surface area contributed by atoms with Crippen molar-refractivity contribution in [2.75, 3.05) is 27.4 Å². The van der Waals surface area contributed by atoms with Crippen LogP contribution in [0.15, 0.2) is 42.5 Å². The molecule has 0 saturated heterocycles. The molecule has 1 amide bonds. The van der Waals surface area contributed by atoms with E-state index in [1.165, 1.54) is 24.3 Å². The molecule has 24 heavy (non-hydrogen) atoms. The molecule has 0 unspecified atom stereocenters. The number of carbonyl (C=O) groups excluding carboxylic acids is 1. The third kappa shape index (κ3) is 3.49. The SMILES string of the molecule is CN(C)[C@@H](CNC(=O)c1ccc(F)cc1)c1ccc2c(c1)OCO2. The van der Waals surface area contributed by atoms with E-state index in [0.29, 0.717) is 17.9 Å². The average Bonchev–Trinajstić information content (AvgIpc) is 3.03. The number of hydrogen-bond acceptors (Lipinski definition) is 4. The molecule has 0 fully saturated rings. The van der Waals surface area contributed by atoms with Gasteiger partial charge in [0.1, 0.15) is 5.82 Å². The predicted molar refractivity (Wildman–Crippen MR) is 87.7 cm³/mol. The number of amides is 1. The highest BCUT2D eigenvalue weighted by atomic mass is 19.1. The first-order valence-electron chi connectivity index (χ1n) is 7.64. The van der Waals surface area contributed by atoms with Crippen molar-refractivity contribution in [2.24, 2.45) is 0 Å². The second-order valence-electron chi connectivity index (χ2n) is 5.81. The molecular formula is C18H19FN2O3. The molecule has 1 aliphatic heterocycles. The van der Waals surface area contributed by atoms with Crippen LogP contribution in [0.25, 0.3) is 0 Å². The van der Waals surface area contributed by atoms with Crippen molar-refractivity contribution in [1.82, 2.24) is 10.2 Å². The molecule has 0 radical (unpaired) electrons. The van der Waals surface area contributed by atoms with Gasteiger partial charge in [-0.05, 0) is 56.1 Å². The van der Waals surface area contributed by atoms with Gasteiger partial charge >= 0.3 is 0 Å². The zero-order valence-electron chi connectivity index (χ0n) is 13.6. The molecule has 5 nitrogen and oxygen atoms in total. The molecule has 1 heterocycles. The predicted octanol–water partition coefficient (Wildman–Crippen LogP) is 2.59. The quantitative estimate of drug-likeness (QED) is 0.915. The molecule has 0 aromatic heterocycles. The summed E-state index contributed by atoms with van der Waals surface area (Å²) < 4.78 is 23.7. The molecule has 1 N–H and O–H groups in total. The van der Waals surface area contributed by atoms with Crippen molar-refractivity contribution >= 4 is 5.91 Å². The Hall–Kier alpha value is -2.60. The lowest BCUT2D eigenvalue weighted by Gasteiger charge is -2.25. The van der Waals surface area contributed by atoms with Crippen LogP contribution in [0.3, 0.4) is 0 Å². The Bertz CT molecular complexity index is 732. The van der Waals surface area contributed by atoms with Crippen LogP contribution in [0.4, 0.5) is 4.39 Å². The molecule has 3 rings (SSSR count). The van der Waals surface area contributed by atoms with Gasteiger partial charge in [-0.3, -0.25) is 4.79 Å². The summed E-state index contributed by atoms with van der Waals surface area (Å²) in [5, 5.41) is 2.89. The summed E-state index contributed by atoms with van der Waals surface area (Å²) >= 11 is 0. The van der Waals surface area contributed by atoms with Gasteiger partial charge < -0.3 is 19.7 Å². The molecule has 0 spiro atoms. The van der Waals surface area contributed by atoms with E-state index in [0.717, 1.165) is 11.3 Å². The highest BCUT2D eigenvalue weighted by Crippen LogP contribution is 2.34. The van der Waals surface area contributed by atoms with Gasteiger partial charge in [-0.1, -0.05) is 6.07 Å². The van der Waals surface area contributed by atoms with Crippen molar-refractivity contribution < 1.29 is 18.7 Å².